The summed E-state index contributed by atoms with van der Waals surface area (Å²) >= 11 is 1.16. The molecular formula is C25H19F2N5OS. The van der Waals surface area contributed by atoms with Crippen molar-refractivity contribution in [3.63, 3.8) is 0 Å². The normalized spacial score (nSPS) is 11.1. The Hall–Kier alpha value is -3.98. The van der Waals surface area contributed by atoms with Gasteiger partial charge in [-0.1, -0.05) is 42.1 Å². The van der Waals surface area contributed by atoms with Crippen LogP contribution in [0.2, 0.25) is 0 Å². The van der Waals surface area contributed by atoms with Crippen molar-refractivity contribution >= 4 is 34.3 Å². The number of aromatic amines is 1. The van der Waals surface area contributed by atoms with E-state index in [-0.39, 0.29) is 11.4 Å². The fraction of sp³-hybridized carbons (Fsp3) is 0.0800. The van der Waals surface area contributed by atoms with E-state index < -0.39 is 17.5 Å². The second kappa shape index (κ2) is 9.11. The molecule has 9 heteroatoms. The van der Waals surface area contributed by atoms with Gasteiger partial charge in [0.05, 0.1) is 11.4 Å². The Balaban J connectivity index is 1.48. The molecule has 0 unspecified atom stereocenters. The van der Waals surface area contributed by atoms with Crippen molar-refractivity contribution in [2.75, 3.05) is 11.1 Å². The lowest BCUT2D eigenvalue weighted by atomic mass is 10.1. The number of hydrogen-bond donors (Lipinski definition) is 2. The number of nitrogens with one attached hydrogen (secondary N) is 2. The molecule has 6 nitrogen and oxygen atoms in total. The summed E-state index contributed by atoms with van der Waals surface area (Å²) in [5.74, 6) is -1.26. The fourth-order valence-electron chi connectivity index (χ4n) is 3.70. The summed E-state index contributed by atoms with van der Waals surface area (Å²) in [6, 6.07) is 18.7. The molecule has 0 atom stereocenters. The second-order valence-electron chi connectivity index (χ2n) is 7.69. The summed E-state index contributed by atoms with van der Waals surface area (Å²) < 4.78 is 29.2. The van der Waals surface area contributed by atoms with Crippen LogP contribution in [0.3, 0.4) is 0 Å². The summed E-state index contributed by atoms with van der Waals surface area (Å²) in [6.07, 6.45) is 1.88. The summed E-state index contributed by atoms with van der Waals surface area (Å²) in [5.41, 5.74) is 3.56. The number of benzene rings is 3. The summed E-state index contributed by atoms with van der Waals surface area (Å²) in [7, 11) is 0. The highest BCUT2D eigenvalue weighted by Crippen LogP contribution is 2.32. The molecule has 0 aliphatic heterocycles. The van der Waals surface area contributed by atoms with Crippen molar-refractivity contribution in [1.29, 1.82) is 0 Å². The van der Waals surface area contributed by atoms with Crippen LogP contribution in [0.15, 0.2) is 78.1 Å². The van der Waals surface area contributed by atoms with Crippen LogP contribution in [0.5, 0.6) is 0 Å². The number of aryl methyl sites for hydroxylation is 1. The van der Waals surface area contributed by atoms with Gasteiger partial charge in [0.2, 0.25) is 5.91 Å². The van der Waals surface area contributed by atoms with Gasteiger partial charge in [-0.3, -0.25) is 9.36 Å². The van der Waals surface area contributed by atoms with Gasteiger partial charge in [-0.15, -0.1) is 10.2 Å². The van der Waals surface area contributed by atoms with Gasteiger partial charge >= 0.3 is 0 Å². The molecule has 2 N–H and O–H groups in total. The number of carbonyl (C=O) groups excluding carboxylic acids is 1. The van der Waals surface area contributed by atoms with Gasteiger partial charge in [-0.25, -0.2) is 8.78 Å². The highest BCUT2D eigenvalue weighted by Gasteiger charge is 2.20. The number of aromatic nitrogens is 4. The average molecular weight is 476 g/mol. The maximum absolute atomic E-state index is 13.9. The van der Waals surface area contributed by atoms with E-state index in [1.165, 1.54) is 0 Å². The first-order chi connectivity index (χ1) is 16.5. The van der Waals surface area contributed by atoms with Crippen LogP contribution >= 0.6 is 11.8 Å². The Labute approximate surface area is 198 Å². The molecule has 0 spiro atoms. The molecule has 0 saturated heterocycles. The molecule has 3 aromatic carbocycles. The smallest absolute Gasteiger partial charge is 0.234 e. The van der Waals surface area contributed by atoms with Gasteiger partial charge in [0, 0.05) is 34.4 Å². The van der Waals surface area contributed by atoms with Crippen molar-refractivity contribution in [3.05, 3.63) is 90.1 Å². The highest BCUT2D eigenvalue weighted by atomic mass is 32.2. The molecule has 0 aliphatic carbocycles. The number of thioether (sulfide) groups is 1. The lowest BCUT2D eigenvalue weighted by Gasteiger charge is -2.11. The van der Waals surface area contributed by atoms with Gasteiger partial charge in [0.1, 0.15) is 11.6 Å². The zero-order valence-electron chi connectivity index (χ0n) is 18.0. The van der Waals surface area contributed by atoms with Crippen molar-refractivity contribution in [2.24, 2.45) is 0 Å². The Morgan fingerprint density at radius 3 is 2.76 bits per heavy atom. The molecule has 0 aliphatic rings. The first kappa shape index (κ1) is 21.8. The minimum Gasteiger partial charge on any atom is -0.360 e. The molecule has 1 amide bonds. The maximum Gasteiger partial charge on any atom is 0.234 e. The van der Waals surface area contributed by atoms with E-state index >= 15 is 0 Å². The summed E-state index contributed by atoms with van der Waals surface area (Å²) in [5, 5.41) is 12.7. The number of amides is 1. The van der Waals surface area contributed by atoms with E-state index in [2.05, 4.69) is 20.5 Å². The lowest BCUT2D eigenvalue weighted by Crippen LogP contribution is -2.15. The lowest BCUT2D eigenvalue weighted by molar-refractivity contribution is -0.113. The largest absolute Gasteiger partial charge is 0.360 e. The maximum atomic E-state index is 13.9. The second-order valence-corrected chi connectivity index (χ2v) is 8.63. The minimum atomic E-state index is -0.704. The number of carbonyl (C=O) groups is 1. The number of halogens is 2. The molecule has 0 saturated carbocycles. The van der Waals surface area contributed by atoms with Crippen molar-refractivity contribution in [2.45, 2.75) is 12.1 Å². The molecule has 5 rings (SSSR count). The number of para-hydroxylation sites is 1. The standard InChI is InChI=1S/C25H19F2N5OS/c1-15-5-4-6-17(11-15)32-24(19-13-28-21-8-3-2-7-18(19)21)30-31-25(32)34-14-23(33)29-22-12-16(26)9-10-20(22)27/h2-13,28H,14H2,1H3,(H,29,33). The Bertz CT molecular complexity index is 1510. The number of anilines is 1. The number of fused-ring (bicyclic) bond motifs is 1. The molecule has 0 bridgehead atoms. The van der Waals surface area contributed by atoms with Crippen molar-refractivity contribution in [1.82, 2.24) is 19.7 Å². The van der Waals surface area contributed by atoms with Crippen LogP contribution < -0.4 is 5.32 Å². The summed E-state index contributed by atoms with van der Waals surface area (Å²) in [6.45, 7) is 1.99. The predicted octanol–water partition coefficient (Wildman–Crippen LogP) is 5.73. The van der Waals surface area contributed by atoms with E-state index in [1.54, 1.807) is 0 Å². The van der Waals surface area contributed by atoms with E-state index in [1.807, 2.05) is 66.2 Å². The number of nitrogens with zero attached hydrogens (tertiary/aromatic N) is 3. The van der Waals surface area contributed by atoms with E-state index in [9.17, 15) is 13.6 Å². The molecule has 0 fully saturated rings. The number of hydrogen-bond acceptors (Lipinski definition) is 4. The minimum absolute atomic E-state index is 0.0617. The van der Waals surface area contributed by atoms with Gasteiger partial charge in [0.25, 0.3) is 0 Å². The first-order valence-electron chi connectivity index (χ1n) is 10.5. The third kappa shape index (κ3) is 4.29. The Kier molecular flexibility index (Phi) is 5.85. The Morgan fingerprint density at radius 2 is 1.91 bits per heavy atom. The molecule has 2 aromatic heterocycles. The molecule has 2 heterocycles. The van der Waals surface area contributed by atoms with Crippen LogP contribution in [0.4, 0.5) is 14.5 Å². The Morgan fingerprint density at radius 1 is 1.06 bits per heavy atom. The summed E-state index contributed by atoms with van der Waals surface area (Å²) in [4.78, 5) is 15.7. The zero-order chi connectivity index (χ0) is 23.7. The third-order valence-electron chi connectivity index (χ3n) is 5.26. The zero-order valence-corrected chi connectivity index (χ0v) is 18.9. The van der Waals surface area contributed by atoms with E-state index in [0.717, 1.165) is 57.7 Å². The number of rotatable bonds is 6. The monoisotopic (exact) mass is 475 g/mol. The molecule has 5 aromatic rings. The topological polar surface area (TPSA) is 75.6 Å². The van der Waals surface area contributed by atoms with Gasteiger partial charge < -0.3 is 10.3 Å². The van der Waals surface area contributed by atoms with Crippen LogP contribution in [0.1, 0.15) is 5.56 Å². The molecule has 34 heavy (non-hydrogen) atoms. The first-order valence-corrected chi connectivity index (χ1v) is 11.4. The van der Waals surface area contributed by atoms with Crippen molar-refractivity contribution in [3.8, 4) is 17.1 Å². The quantitative estimate of drug-likeness (QED) is 0.308. The predicted molar refractivity (Wildman–Crippen MR) is 129 cm³/mol. The molecular weight excluding hydrogens is 456 g/mol. The van der Waals surface area contributed by atoms with Gasteiger partial charge in [-0.2, -0.15) is 0 Å². The SMILES string of the molecule is Cc1cccc(-n2c(SCC(=O)Nc3cc(F)ccc3F)nnc2-c2c[nH]c3ccccc23)c1. The number of H-pyrrole nitrogens is 1. The van der Waals surface area contributed by atoms with Crippen LogP contribution in [-0.2, 0) is 4.79 Å². The molecule has 0 radical (unpaired) electrons. The fourth-order valence-corrected chi connectivity index (χ4v) is 4.46. The van der Waals surface area contributed by atoms with Gasteiger partial charge in [0.15, 0.2) is 11.0 Å². The van der Waals surface area contributed by atoms with Crippen LogP contribution in [0, 0.1) is 18.6 Å². The third-order valence-corrected chi connectivity index (χ3v) is 6.19. The average Bonchev–Trinajstić information content (AvgIpc) is 3.44. The van der Waals surface area contributed by atoms with Crippen molar-refractivity contribution < 1.29 is 13.6 Å². The van der Waals surface area contributed by atoms with E-state index in [4.69, 9.17) is 0 Å². The molecule has 170 valence electrons. The highest BCUT2D eigenvalue weighted by molar-refractivity contribution is 7.99. The van der Waals surface area contributed by atoms with E-state index in [0.29, 0.717) is 11.0 Å². The van der Waals surface area contributed by atoms with Crippen LogP contribution in [-0.4, -0.2) is 31.4 Å². The van der Waals surface area contributed by atoms with Crippen LogP contribution in [0.25, 0.3) is 28.0 Å². The van der Waals surface area contributed by atoms with Gasteiger partial charge in [-0.05, 0) is 42.8 Å².